The molecule has 0 aliphatic carbocycles. The zero-order valence-electron chi connectivity index (χ0n) is 9.74. The number of nitrogens with one attached hydrogen (secondary N) is 1. The van der Waals surface area contributed by atoms with Crippen LogP contribution in [0.5, 0.6) is 0 Å². The normalized spacial score (nSPS) is 24.1. The number of nitrogens with zero attached hydrogens (tertiary/aromatic N) is 1. The predicted octanol–water partition coefficient (Wildman–Crippen LogP) is 3.91. The lowest BCUT2D eigenvalue weighted by molar-refractivity contribution is 0.617. The number of hydrogen-bond acceptors (Lipinski definition) is 3. The zero-order valence-corrected chi connectivity index (χ0v) is 11.3. The van der Waals surface area contributed by atoms with Gasteiger partial charge in [0.15, 0.2) is 0 Å². The van der Waals surface area contributed by atoms with Gasteiger partial charge < -0.3 is 5.32 Å². The second kappa shape index (κ2) is 5.66. The van der Waals surface area contributed by atoms with Crippen molar-refractivity contribution in [3.8, 4) is 6.07 Å². The Morgan fingerprint density at radius 3 is 3.06 bits per heavy atom. The maximum Gasteiger partial charge on any atom is 0.101 e. The summed E-state index contributed by atoms with van der Waals surface area (Å²) < 4.78 is 0. The third kappa shape index (κ3) is 3.08. The van der Waals surface area contributed by atoms with E-state index >= 15 is 0 Å². The van der Waals surface area contributed by atoms with Gasteiger partial charge in [-0.15, -0.1) is 0 Å². The van der Waals surface area contributed by atoms with Crippen LogP contribution < -0.4 is 5.32 Å². The molecular weight excluding hydrogens is 252 g/mol. The summed E-state index contributed by atoms with van der Waals surface area (Å²) in [6, 6.07) is 8.14. The molecule has 1 aromatic carbocycles. The first-order chi connectivity index (χ1) is 8.20. The highest BCUT2D eigenvalue weighted by Crippen LogP contribution is 2.28. The molecule has 2 atom stereocenters. The molecule has 2 rings (SSSR count). The summed E-state index contributed by atoms with van der Waals surface area (Å²) in [5, 5.41) is 13.6. The maximum absolute atomic E-state index is 8.93. The minimum absolute atomic E-state index is 0.487. The van der Waals surface area contributed by atoms with E-state index in [-0.39, 0.29) is 0 Å². The molecule has 1 aliphatic heterocycles. The SMILES string of the molecule is CC1SCCCC1Nc1ccc(Cl)c(C#N)c1. The highest BCUT2D eigenvalue weighted by molar-refractivity contribution is 8.00. The first-order valence-corrected chi connectivity index (χ1v) is 7.21. The fourth-order valence-corrected chi connectivity index (χ4v) is 3.33. The molecule has 0 amide bonds. The van der Waals surface area contributed by atoms with Crippen molar-refractivity contribution >= 4 is 29.1 Å². The van der Waals surface area contributed by atoms with Crippen molar-refractivity contribution in [2.45, 2.75) is 31.1 Å². The average Bonchev–Trinajstić information content (AvgIpc) is 2.34. The van der Waals surface area contributed by atoms with Crippen molar-refractivity contribution in [3.05, 3.63) is 28.8 Å². The number of nitriles is 1. The molecule has 0 aromatic heterocycles. The monoisotopic (exact) mass is 266 g/mol. The van der Waals surface area contributed by atoms with E-state index in [9.17, 15) is 0 Å². The minimum Gasteiger partial charge on any atom is -0.381 e. The third-order valence-electron chi connectivity index (χ3n) is 3.05. The Bertz CT molecular complexity index is 442. The van der Waals surface area contributed by atoms with Crippen LogP contribution in [0.25, 0.3) is 0 Å². The van der Waals surface area contributed by atoms with Crippen LogP contribution >= 0.6 is 23.4 Å². The molecule has 17 heavy (non-hydrogen) atoms. The highest BCUT2D eigenvalue weighted by atomic mass is 35.5. The van der Waals surface area contributed by atoms with E-state index in [1.807, 2.05) is 23.9 Å². The van der Waals surface area contributed by atoms with Crippen molar-refractivity contribution in [1.29, 1.82) is 5.26 Å². The molecule has 0 saturated carbocycles. The third-order valence-corrected chi connectivity index (χ3v) is 4.75. The van der Waals surface area contributed by atoms with Crippen LogP contribution in [0.3, 0.4) is 0 Å². The molecule has 1 aliphatic rings. The van der Waals surface area contributed by atoms with Gasteiger partial charge >= 0.3 is 0 Å². The first kappa shape index (κ1) is 12.6. The van der Waals surface area contributed by atoms with E-state index in [4.69, 9.17) is 16.9 Å². The van der Waals surface area contributed by atoms with E-state index in [0.29, 0.717) is 21.9 Å². The van der Waals surface area contributed by atoms with Gasteiger partial charge in [-0.05, 0) is 36.8 Å². The molecule has 2 nitrogen and oxygen atoms in total. The molecular formula is C13H15ClN2S. The number of hydrogen-bond donors (Lipinski definition) is 1. The smallest absolute Gasteiger partial charge is 0.101 e. The molecule has 1 fully saturated rings. The summed E-state index contributed by atoms with van der Waals surface area (Å²) in [6.07, 6.45) is 2.45. The summed E-state index contributed by atoms with van der Waals surface area (Å²) in [6.45, 7) is 2.25. The topological polar surface area (TPSA) is 35.8 Å². The molecule has 1 heterocycles. The van der Waals surface area contributed by atoms with Gasteiger partial charge in [-0.2, -0.15) is 17.0 Å². The average molecular weight is 267 g/mol. The van der Waals surface area contributed by atoms with Crippen LogP contribution in [0.2, 0.25) is 5.02 Å². The maximum atomic E-state index is 8.93. The molecule has 90 valence electrons. The molecule has 1 saturated heterocycles. The Balaban J connectivity index is 2.10. The quantitative estimate of drug-likeness (QED) is 0.882. The predicted molar refractivity (Wildman–Crippen MR) is 74.7 cm³/mol. The van der Waals surface area contributed by atoms with Gasteiger partial charge in [-0.25, -0.2) is 0 Å². The van der Waals surface area contributed by atoms with Gasteiger partial charge in [0.25, 0.3) is 0 Å². The highest BCUT2D eigenvalue weighted by Gasteiger charge is 2.21. The number of rotatable bonds is 2. The van der Waals surface area contributed by atoms with Crippen molar-refractivity contribution in [2.24, 2.45) is 0 Å². The Hall–Kier alpha value is -0.850. The van der Waals surface area contributed by atoms with Crippen LogP contribution in [0.4, 0.5) is 5.69 Å². The largest absolute Gasteiger partial charge is 0.381 e. The molecule has 4 heteroatoms. The Kier molecular flexibility index (Phi) is 4.20. The summed E-state index contributed by atoms with van der Waals surface area (Å²) in [7, 11) is 0. The number of halogens is 1. The summed E-state index contributed by atoms with van der Waals surface area (Å²) in [5.74, 6) is 1.25. The molecule has 2 unspecified atom stereocenters. The second-order valence-corrected chi connectivity index (χ2v) is 6.17. The van der Waals surface area contributed by atoms with Gasteiger partial charge in [-0.3, -0.25) is 0 Å². The van der Waals surface area contributed by atoms with Gasteiger partial charge in [0.05, 0.1) is 10.6 Å². The van der Waals surface area contributed by atoms with Gasteiger partial charge in [0.2, 0.25) is 0 Å². The van der Waals surface area contributed by atoms with Crippen molar-refractivity contribution in [1.82, 2.24) is 0 Å². The van der Waals surface area contributed by atoms with Crippen LogP contribution in [0, 0.1) is 11.3 Å². The fourth-order valence-electron chi connectivity index (χ4n) is 2.03. The Morgan fingerprint density at radius 2 is 2.35 bits per heavy atom. The van der Waals surface area contributed by atoms with Crippen molar-refractivity contribution in [3.63, 3.8) is 0 Å². The van der Waals surface area contributed by atoms with Gasteiger partial charge in [0.1, 0.15) is 6.07 Å². The van der Waals surface area contributed by atoms with Gasteiger partial charge in [0, 0.05) is 17.0 Å². The van der Waals surface area contributed by atoms with Crippen molar-refractivity contribution < 1.29 is 0 Å². The molecule has 0 spiro atoms. The first-order valence-electron chi connectivity index (χ1n) is 5.78. The standard InChI is InChI=1S/C13H15ClN2S/c1-9-13(3-2-6-17-9)16-11-4-5-12(14)10(7-11)8-15/h4-5,7,9,13,16H,2-3,6H2,1H3. The Morgan fingerprint density at radius 1 is 1.53 bits per heavy atom. The van der Waals surface area contributed by atoms with E-state index in [1.165, 1.54) is 18.6 Å². The lowest BCUT2D eigenvalue weighted by Crippen LogP contribution is -2.32. The van der Waals surface area contributed by atoms with E-state index in [2.05, 4.69) is 18.3 Å². The van der Waals surface area contributed by atoms with Gasteiger partial charge in [-0.1, -0.05) is 18.5 Å². The zero-order chi connectivity index (χ0) is 12.3. The minimum atomic E-state index is 0.487. The lowest BCUT2D eigenvalue weighted by atomic mass is 10.1. The number of thioether (sulfide) groups is 1. The fraction of sp³-hybridized carbons (Fsp3) is 0.462. The number of anilines is 1. The second-order valence-electron chi connectivity index (χ2n) is 4.28. The molecule has 1 aromatic rings. The molecule has 0 radical (unpaired) electrons. The van der Waals surface area contributed by atoms with Crippen LogP contribution in [0.1, 0.15) is 25.3 Å². The van der Waals surface area contributed by atoms with Crippen molar-refractivity contribution in [2.75, 3.05) is 11.1 Å². The van der Waals surface area contributed by atoms with E-state index < -0.39 is 0 Å². The molecule has 1 N–H and O–H groups in total. The number of benzene rings is 1. The lowest BCUT2D eigenvalue weighted by Gasteiger charge is -2.30. The van der Waals surface area contributed by atoms with E-state index in [1.54, 1.807) is 6.07 Å². The summed E-state index contributed by atoms with van der Waals surface area (Å²) in [5.41, 5.74) is 1.53. The Labute approximate surface area is 111 Å². The van der Waals surface area contributed by atoms with Crippen LogP contribution in [-0.2, 0) is 0 Å². The van der Waals surface area contributed by atoms with Crippen LogP contribution in [0.15, 0.2) is 18.2 Å². The van der Waals surface area contributed by atoms with Crippen LogP contribution in [-0.4, -0.2) is 17.0 Å². The molecule has 0 bridgehead atoms. The van der Waals surface area contributed by atoms with E-state index in [0.717, 1.165) is 5.69 Å². The summed E-state index contributed by atoms with van der Waals surface area (Å²) >= 11 is 7.92. The summed E-state index contributed by atoms with van der Waals surface area (Å²) in [4.78, 5) is 0.